The van der Waals surface area contributed by atoms with Crippen molar-refractivity contribution in [3.63, 3.8) is 0 Å². The Morgan fingerprint density at radius 2 is 1.95 bits per heavy atom. The number of nitro groups is 1. The molecule has 0 aromatic heterocycles. The summed E-state index contributed by atoms with van der Waals surface area (Å²) in [7, 11) is 0. The monoisotopic (exact) mass is 287 g/mol. The summed E-state index contributed by atoms with van der Waals surface area (Å²) >= 11 is 0. The van der Waals surface area contributed by atoms with Crippen molar-refractivity contribution in [3.8, 4) is 0 Å². The first-order valence-corrected chi connectivity index (χ1v) is 6.59. The molecule has 0 saturated carbocycles. The van der Waals surface area contributed by atoms with Crippen LogP contribution >= 0.6 is 0 Å². The summed E-state index contributed by atoms with van der Waals surface area (Å²) in [5.74, 6) is -2.30. The van der Waals surface area contributed by atoms with Crippen molar-refractivity contribution in [1.82, 2.24) is 4.90 Å². The molecule has 0 unspecified atom stereocenters. The van der Waals surface area contributed by atoms with Gasteiger partial charge in [0.15, 0.2) is 17.3 Å². The second-order valence-electron chi connectivity index (χ2n) is 4.32. The summed E-state index contributed by atoms with van der Waals surface area (Å²) in [6, 6.07) is 1.72. The molecule has 1 rings (SSSR count). The first-order chi connectivity index (χ1) is 9.51. The Hall–Kier alpha value is -1.76. The molecule has 20 heavy (non-hydrogen) atoms. The number of benzene rings is 1. The first kappa shape index (κ1) is 16.3. The highest BCUT2D eigenvalue weighted by atomic mass is 19.2. The van der Waals surface area contributed by atoms with Gasteiger partial charge in [-0.1, -0.05) is 13.8 Å². The molecule has 1 aromatic carbocycles. The quantitative estimate of drug-likeness (QED) is 0.453. The predicted molar refractivity (Wildman–Crippen MR) is 73.9 cm³/mol. The summed E-state index contributed by atoms with van der Waals surface area (Å²) in [5.41, 5.74) is -0.832. The number of nitrogens with one attached hydrogen (secondary N) is 1. The van der Waals surface area contributed by atoms with Crippen molar-refractivity contribution in [2.45, 2.75) is 20.3 Å². The highest BCUT2D eigenvalue weighted by Crippen LogP contribution is 2.28. The maximum Gasteiger partial charge on any atom is 0.295 e. The Morgan fingerprint density at radius 3 is 2.50 bits per heavy atom. The van der Waals surface area contributed by atoms with Crippen LogP contribution in [-0.2, 0) is 0 Å². The Kier molecular flexibility index (Phi) is 6.30. The van der Waals surface area contributed by atoms with Gasteiger partial charge in [-0.15, -0.1) is 0 Å². The predicted octanol–water partition coefficient (Wildman–Crippen LogP) is 3.02. The van der Waals surface area contributed by atoms with Crippen LogP contribution < -0.4 is 5.32 Å². The van der Waals surface area contributed by atoms with Crippen LogP contribution in [-0.4, -0.2) is 36.0 Å². The first-order valence-electron chi connectivity index (χ1n) is 6.59. The minimum atomic E-state index is -1.21. The number of nitrogens with zero attached hydrogens (tertiary/aromatic N) is 2. The summed E-state index contributed by atoms with van der Waals surface area (Å²) in [6.07, 6.45) is 0.689. The molecule has 0 heterocycles. The van der Waals surface area contributed by atoms with E-state index in [9.17, 15) is 18.9 Å². The molecular weight excluding hydrogens is 268 g/mol. The van der Waals surface area contributed by atoms with Gasteiger partial charge in [-0.2, -0.15) is 0 Å². The fourth-order valence-electron chi connectivity index (χ4n) is 1.92. The summed E-state index contributed by atoms with van der Waals surface area (Å²) < 4.78 is 26.7. The van der Waals surface area contributed by atoms with Gasteiger partial charge in [0, 0.05) is 12.6 Å². The van der Waals surface area contributed by atoms with Crippen LogP contribution in [0.15, 0.2) is 12.1 Å². The second-order valence-corrected chi connectivity index (χ2v) is 4.32. The van der Waals surface area contributed by atoms with Gasteiger partial charge in [0.05, 0.1) is 4.92 Å². The number of hydrogen-bond acceptors (Lipinski definition) is 4. The molecule has 0 spiro atoms. The number of hydrogen-bond donors (Lipinski definition) is 1. The summed E-state index contributed by atoms with van der Waals surface area (Å²) in [4.78, 5) is 12.2. The van der Waals surface area contributed by atoms with Crippen molar-refractivity contribution in [2.24, 2.45) is 0 Å². The SMILES string of the molecule is CCN(CC)CCCNc1c([N+](=O)[O-])ccc(F)c1F. The van der Waals surface area contributed by atoms with Crippen molar-refractivity contribution in [2.75, 3.05) is 31.5 Å². The average molecular weight is 287 g/mol. The largest absolute Gasteiger partial charge is 0.377 e. The molecule has 7 heteroatoms. The third-order valence-corrected chi connectivity index (χ3v) is 3.12. The van der Waals surface area contributed by atoms with E-state index in [0.717, 1.165) is 31.8 Å². The van der Waals surface area contributed by atoms with E-state index in [1.165, 1.54) is 0 Å². The number of anilines is 1. The van der Waals surface area contributed by atoms with Gasteiger partial charge in [0.25, 0.3) is 5.69 Å². The zero-order valence-corrected chi connectivity index (χ0v) is 11.7. The van der Waals surface area contributed by atoms with E-state index in [4.69, 9.17) is 0 Å². The average Bonchev–Trinajstić information content (AvgIpc) is 2.43. The van der Waals surface area contributed by atoms with Crippen molar-refractivity contribution >= 4 is 11.4 Å². The zero-order chi connectivity index (χ0) is 15.1. The highest BCUT2D eigenvalue weighted by Gasteiger charge is 2.21. The van der Waals surface area contributed by atoms with Gasteiger partial charge < -0.3 is 10.2 Å². The Balaban J connectivity index is 2.67. The number of rotatable bonds is 8. The van der Waals surface area contributed by atoms with Crippen molar-refractivity contribution in [3.05, 3.63) is 33.9 Å². The lowest BCUT2D eigenvalue weighted by molar-refractivity contribution is -0.384. The topological polar surface area (TPSA) is 58.4 Å². The maximum atomic E-state index is 13.6. The molecule has 0 radical (unpaired) electrons. The minimum absolute atomic E-state index is 0.345. The van der Waals surface area contributed by atoms with Gasteiger partial charge >= 0.3 is 0 Å². The van der Waals surface area contributed by atoms with Crippen molar-refractivity contribution < 1.29 is 13.7 Å². The van der Waals surface area contributed by atoms with E-state index in [1.807, 2.05) is 13.8 Å². The van der Waals surface area contributed by atoms with Crippen LogP contribution in [0, 0.1) is 21.7 Å². The molecule has 0 saturated heterocycles. The Bertz CT molecular complexity index is 465. The van der Waals surface area contributed by atoms with E-state index in [0.29, 0.717) is 13.0 Å². The normalized spacial score (nSPS) is 10.8. The van der Waals surface area contributed by atoms with Crippen LogP contribution in [0.2, 0.25) is 0 Å². The lowest BCUT2D eigenvalue weighted by Crippen LogP contribution is -2.25. The van der Waals surface area contributed by atoms with Gasteiger partial charge in [-0.3, -0.25) is 10.1 Å². The van der Waals surface area contributed by atoms with E-state index in [2.05, 4.69) is 10.2 Å². The van der Waals surface area contributed by atoms with Gasteiger partial charge in [0.1, 0.15) is 0 Å². The Morgan fingerprint density at radius 1 is 1.30 bits per heavy atom. The highest BCUT2D eigenvalue weighted by molar-refractivity contribution is 5.62. The molecule has 0 aliphatic rings. The molecule has 0 aliphatic carbocycles. The fourth-order valence-corrected chi connectivity index (χ4v) is 1.92. The van der Waals surface area contributed by atoms with E-state index >= 15 is 0 Å². The number of halogens is 2. The van der Waals surface area contributed by atoms with Crippen LogP contribution in [0.5, 0.6) is 0 Å². The molecule has 0 bridgehead atoms. The fraction of sp³-hybridized carbons (Fsp3) is 0.538. The number of nitro benzene ring substituents is 1. The molecule has 0 fully saturated rings. The molecule has 112 valence electrons. The lowest BCUT2D eigenvalue weighted by Gasteiger charge is -2.18. The third-order valence-electron chi connectivity index (χ3n) is 3.12. The van der Waals surface area contributed by atoms with Crippen LogP contribution in [0.1, 0.15) is 20.3 Å². The molecule has 0 aliphatic heterocycles. The van der Waals surface area contributed by atoms with Gasteiger partial charge in [-0.05, 0) is 32.1 Å². The molecule has 0 amide bonds. The molecule has 0 atom stereocenters. The van der Waals surface area contributed by atoms with E-state index < -0.39 is 22.2 Å². The van der Waals surface area contributed by atoms with Crippen LogP contribution in [0.3, 0.4) is 0 Å². The van der Waals surface area contributed by atoms with E-state index in [-0.39, 0.29) is 5.69 Å². The van der Waals surface area contributed by atoms with Crippen molar-refractivity contribution in [1.29, 1.82) is 0 Å². The molecule has 1 N–H and O–H groups in total. The van der Waals surface area contributed by atoms with Crippen LogP contribution in [0.4, 0.5) is 20.2 Å². The van der Waals surface area contributed by atoms with Gasteiger partial charge in [0.2, 0.25) is 0 Å². The van der Waals surface area contributed by atoms with Gasteiger partial charge in [-0.25, -0.2) is 8.78 Å². The minimum Gasteiger partial charge on any atom is -0.377 e. The molecule has 1 aromatic rings. The smallest absolute Gasteiger partial charge is 0.295 e. The zero-order valence-electron chi connectivity index (χ0n) is 11.7. The van der Waals surface area contributed by atoms with Crippen LogP contribution in [0.25, 0.3) is 0 Å². The standard InChI is InChI=1S/C13H19F2N3O2/c1-3-17(4-2)9-5-8-16-13-11(18(19)20)7-6-10(14)12(13)15/h6-7,16H,3-5,8-9H2,1-2H3. The molecular formula is C13H19F2N3O2. The second kappa shape index (κ2) is 7.74. The summed E-state index contributed by atoms with van der Waals surface area (Å²) in [5, 5.41) is 13.4. The summed E-state index contributed by atoms with van der Waals surface area (Å²) in [6.45, 7) is 7.03. The molecule has 5 nitrogen and oxygen atoms in total. The third kappa shape index (κ3) is 4.12. The maximum absolute atomic E-state index is 13.6. The van der Waals surface area contributed by atoms with E-state index in [1.54, 1.807) is 0 Å². The lowest BCUT2D eigenvalue weighted by atomic mass is 10.2. The Labute approximate surface area is 116 Å².